The standard InChI is InChI=1S/C18H17N3O4S/c1-11-5-6-15(25-2)14(8-11)20-16(22)13-9-19-18(24)21(17(13)23)10-12-4-3-7-26-12/h3-9H,10H2,1-2H3,(H,19,24)(H,20,22). The number of hydrogen-bond acceptors (Lipinski definition) is 5. The van der Waals surface area contributed by atoms with Gasteiger partial charge in [-0.05, 0) is 36.1 Å². The molecule has 3 rings (SSSR count). The van der Waals surface area contributed by atoms with Crippen molar-refractivity contribution in [3.05, 3.63) is 78.8 Å². The maximum atomic E-state index is 12.6. The van der Waals surface area contributed by atoms with Crippen molar-refractivity contribution >= 4 is 22.9 Å². The zero-order chi connectivity index (χ0) is 18.7. The van der Waals surface area contributed by atoms with E-state index in [1.807, 2.05) is 30.5 Å². The molecule has 134 valence electrons. The van der Waals surface area contributed by atoms with Gasteiger partial charge in [-0.3, -0.25) is 14.2 Å². The van der Waals surface area contributed by atoms with E-state index in [-0.39, 0.29) is 12.1 Å². The van der Waals surface area contributed by atoms with E-state index in [0.29, 0.717) is 11.4 Å². The molecule has 8 heteroatoms. The number of rotatable bonds is 5. The predicted octanol–water partition coefficient (Wildman–Crippen LogP) is 2.22. The highest BCUT2D eigenvalue weighted by Gasteiger charge is 2.17. The topological polar surface area (TPSA) is 93.2 Å². The van der Waals surface area contributed by atoms with Gasteiger partial charge < -0.3 is 15.0 Å². The number of hydrogen-bond donors (Lipinski definition) is 2. The lowest BCUT2D eigenvalue weighted by molar-refractivity contribution is 0.102. The molecule has 2 aromatic heterocycles. The molecule has 0 aliphatic rings. The number of aromatic amines is 1. The van der Waals surface area contributed by atoms with Crippen LogP contribution in [-0.4, -0.2) is 22.6 Å². The second-order valence-electron chi connectivity index (χ2n) is 5.64. The minimum absolute atomic E-state index is 0.112. The van der Waals surface area contributed by atoms with Gasteiger partial charge in [0.2, 0.25) is 0 Å². The lowest BCUT2D eigenvalue weighted by Crippen LogP contribution is -2.39. The molecule has 0 radical (unpaired) electrons. The molecule has 0 fully saturated rings. The van der Waals surface area contributed by atoms with Gasteiger partial charge in [0.05, 0.1) is 19.3 Å². The van der Waals surface area contributed by atoms with Crippen molar-refractivity contribution in [3.8, 4) is 5.75 Å². The first-order chi connectivity index (χ1) is 12.5. The third-order valence-electron chi connectivity index (χ3n) is 3.80. The van der Waals surface area contributed by atoms with Crippen molar-refractivity contribution in [2.24, 2.45) is 0 Å². The second-order valence-corrected chi connectivity index (χ2v) is 6.67. The van der Waals surface area contributed by atoms with E-state index in [0.717, 1.165) is 21.2 Å². The van der Waals surface area contributed by atoms with Gasteiger partial charge in [-0.1, -0.05) is 12.1 Å². The number of carbonyl (C=O) groups excluding carboxylic acids is 1. The summed E-state index contributed by atoms with van der Waals surface area (Å²) in [7, 11) is 1.49. The van der Waals surface area contributed by atoms with E-state index in [4.69, 9.17) is 4.74 Å². The largest absolute Gasteiger partial charge is 0.495 e. The molecular weight excluding hydrogens is 354 g/mol. The molecule has 1 aromatic carbocycles. The Labute approximate surface area is 152 Å². The number of ether oxygens (including phenoxy) is 1. The number of carbonyl (C=O) groups is 1. The van der Waals surface area contributed by atoms with Gasteiger partial charge in [-0.25, -0.2) is 4.79 Å². The monoisotopic (exact) mass is 371 g/mol. The predicted molar refractivity (Wildman–Crippen MR) is 100 cm³/mol. The summed E-state index contributed by atoms with van der Waals surface area (Å²) in [6.45, 7) is 1.99. The molecule has 0 aliphatic heterocycles. The van der Waals surface area contributed by atoms with Gasteiger partial charge in [0, 0.05) is 11.1 Å². The Morgan fingerprint density at radius 2 is 2.12 bits per heavy atom. The molecule has 0 aliphatic carbocycles. The highest BCUT2D eigenvalue weighted by Crippen LogP contribution is 2.25. The van der Waals surface area contributed by atoms with Crippen LogP contribution in [0.15, 0.2) is 51.5 Å². The Hall–Kier alpha value is -3.13. The first-order valence-corrected chi connectivity index (χ1v) is 8.68. The SMILES string of the molecule is COc1ccc(C)cc1NC(=O)c1c[nH]c(=O)n(Cc2cccs2)c1=O. The minimum Gasteiger partial charge on any atom is -0.495 e. The summed E-state index contributed by atoms with van der Waals surface area (Å²) in [5.41, 5.74) is 0.0228. The maximum Gasteiger partial charge on any atom is 0.328 e. The zero-order valence-corrected chi connectivity index (χ0v) is 15.1. The van der Waals surface area contributed by atoms with Crippen LogP contribution in [0.3, 0.4) is 0 Å². The van der Waals surface area contributed by atoms with Crippen molar-refractivity contribution in [3.63, 3.8) is 0 Å². The summed E-state index contributed by atoms with van der Waals surface area (Å²) in [6.07, 6.45) is 1.13. The van der Waals surface area contributed by atoms with Crippen LogP contribution in [0.2, 0.25) is 0 Å². The summed E-state index contributed by atoms with van der Waals surface area (Å²) >= 11 is 1.43. The Morgan fingerprint density at radius 3 is 2.81 bits per heavy atom. The molecule has 0 saturated heterocycles. The Kier molecular flexibility index (Phi) is 5.04. The normalized spacial score (nSPS) is 10.5. The van der Waals surface area contributed by atoms with E-state index in [2.05, 4.69) is 10.3 Å². The number of nitrogens with one attached hydrogen (secondary N) is 2. The number of benzene rings is 1. The second kappa shape index (κ2) is 7.40. The summed E-state index contributed by atoms with van der Waals surface area (Å²) in [4.78, 5) is 40.5. The van der Waals surface area contributed by atoms with Crippen LogP contribution in [0.4, 0.5) is 5.69 Å². The fourth-order valence-electron chi connectivity index (χ4n) is 2.49. The van der Waals surface area contributed by atoms with Gasteiger partial charge in [0.1, 0.15) is 11.3 Å². The van der Waals surface area contributed by atoms with E-state index in [1.54, 1.807) is 12.1 Å². The van der Waals surface area contributed by atoms with E-state index < -0.39 is 17.2 Å². The van der Waals surface area contributed by atoms with Gasteiger partial charge in [0.25, 0.3) is 11.5 Å². The van der Waals surface area contributed by atoms with Gasteiger partial charge in [-0.2, -0.15) is 0 Å². The van der Waals surface area contributed by atoms with Crippen molar-refractivity contribution in [2.75, 3.05) is 12.4 Å². The minimum atomic E-state index is -0.647. The van der Waals surface area contributed by atoms with Crippen LogP contribution in [0.5, 0.6) is 5.75 Å². The molecule has 26 heavy (non-hydrogen) atoms. The molecule has 0 spiro atoms. The van der Waals surface area contributed by atoms with Crippen LogP contribution in [-0.2, 0) is 6.54 Å². The van der Waals surface area contributed by atoms with Crippen molar-refractivity contribution in [2.45, 2.75) is 13.5 Å². The molecule has 0 atom stereocenters. The number of aromatic nitrogens is 2. The smallest absolute Gasteiger partial charge is 0.328 e. The third kappa shape index (κ3) is 3.60. The van der Waals surface area contributed by atoms with Crippen LogP contribution >= 0.6 is 11.3 Å². The Bertz CT molecular complexity index is 1050. The fraction of sp³-hybridized carbons (Fsp3) is 0.167. The van der Waals surface area contributed by atoms with Crippen LogP contribution in [0.25, 0.3) is 0 Å². The number of amides is 1. The van der Waals surface area contributed by atoms with Crippen molar-refractivity contribution in [1.29, 1.82) is 0 Å². The molecule has 3 aromatic rings. The quantitative estimate of drug-likeness (QED) is 0.719. The third-order valence-corrected chi connectivity index (χ3v) is 4.66. The molecule has 0 bridgehead atoms. The summed E-state index contributed by atoms with van der Waals surface area (Å²) < 4.78 is 6.23. The molecule has 1 amide bonds. The highest BCUT2D eigenvalue weighted by atomic mass is 32.1. The van der Waals surface area contributed by atoms with Crippen LogP contribution < -0.4 is 21.3 Å². The van der Waals surface area contributed by atoms with Crippen LogP contribution in [0, 0.1) is 6.92 Å². The lowest BCUT2D eigenvalue weighted by atomic mass is 10.2. The number of nitrogens with zero attached hydrogens (tertiary/aromatic N) is 1. The zero-order valence-electron chi connectivity index (χ0n) is 14.2. The van der Waals surface area contributed by atoms with Gasteiger partial charge in [-0.15, -0.1) is 11.3 Å². The van der Waals surface area contributed by atoms with Gasteiger partial charge >= 0.3 is 5.69 Å². The molecule has 0 saturated carbocycles. The average Bonchev–Trinajstić information content (AvgIpc) is 3.12. The number of thiophene rings is 1. The van der Waals surface area contributed by atoms with Gasteiger partial charge in [0.15, 0.2) is 0 Å². The molecule has 2 heterocycles. The average molecular weight is 371 g/mol. The lowest BCUT2D eigenvalue weighted by Gasteiger charge is -2.11. The maximum absolute atomic E-state index is 12.6. The van der Waals surface area contributed by atoms with Crippen LogP contribution in [0.1, 0.15) is 20.8 Å². The Morgan fingerprint density at radius 1 is 1.31 bits per heavy atom. The van der Waals surface area contributed by atoms with Crippen molar-refractivity contribution in [1.82, 2.24) is 9.55 Å². The molecule has 2 N–H and O–H groups in total. The number of aryl methyl sites for hydroxylation is 1. The van der Waals surface area contributed by atoms with Crippen molar-refractivity contribution < 1.29 is 9.53 Å². The van der Waals surface area contributed by atoms with E-state index in [9.17, 15) is 14.4 Å². The Balaban J connectivity index is 1.94. The summed E-state index contributed by atoms with van der Waals surface area (Å²) in [5, 5.41) is 4.52. The molecule has 0 unspecified atom stereocenters. The summed E-state index contributed by atoms with van der Waals surface area (Å²) in [6, 6.07) is 8.97. The van der Waals surface area contributed by atoms with E-state index >= 15 is 0 Å². The van der Waals surface area contributed by atoms with E-state index in [1.165, 1.54) is 18.4 Å². The molecular formula is C18H17N3O4S. The number of H-pyrrole nitrogens is 1. The first-order valence-electron chi connectivity index (χ1n) is 7.80. The molecule has 7 nitrogen and oxygen atoms in total. The highest BCUT2D eigenvalue weighted by molar-refractivity contribution is 7.09. The summed E-state index contributed by atoms with van der Waals surface area (Å²) in [5.74, 6) is -0.137. The fourth-order valence-corrected chi connectivity index (χ4v) is 3.18. The number of methoxy groups -OCH3 is 1. The number of anilines is 1. The first kappa shape index (κ1) is 17.7.